The lowest BCUT2D eigenvalue weighted by Crippen LogP contribution is -2.33. The van der Waals surface area contributed by atoms with Crippen LogP contribution in [0.4, 0.5) is 11.4 Å². The van der Waals surface area contributed by atoms with Crippen molar-refractivity contribution in [2.45, 2.75) is 0 Å². The van der Waals surface area contributed by atoms with E-state index in [1.165, 1.54) is 0 Å². The molecular weight excluding hydrogens is 390 g/mol. The van der Waals surface area contributed by atoms with Gasteiger partial charge in [-0.3, -0.25) is 20.3 Å². The van der Waals surface area contributed by atoms with Crippen LogP contribution >= 0.6 is 0 Å². The number of amidine groups is 1. The van der Waals surface area contributed by atoms with Crippen LogP contribution in [-0.2, 0) is 0 Å². The Bertz CT molecular complexity index is 1260. The number of rotatable bonds is 7. The van der Waals surface area contributed by atoms with Crippen molar-refractivity contribution in [3.63, 3.8) is 0 Å². The second-order valence-electron chi connectivity index (χ2n) is 6.84. The Morgan fingerprint density at radius 1 is 1.10 bits per heavy atom. The molecule has 0 spiro atoms. The van der Waals surface area contributed by atoms with E-state index in [-0.39, 0.29) is 18.3 Å². The summed E-state index contributed by atoms with van der Waals surface area (Å²) in [5.74, 6) is -0.403. The highest BCUT2D eigenvalue weighted by Crippen LogP contribution is 2.26. The number of anilines is 2. The minimum atomic E-state index is -0.303. The second-order valence-corrected chi connectivity index (χ2v) is 6.84. The number of aromatic amines is 1. The number of para-hydroxylation sites is 1. The lowest BCUT2D eigenvalue weighted by atomic mass is 10.1. The van der Waals surface area contributed by atoms with Crippen molar-refractivity contribution in [2.75, 3.05) is 11.9 Å². The maximum atomic E-state index is 12.4. The average molecular weight is 411 g/mol. The number of nitrogens with one attached hydrogen (secondary N) is 4. The molecule has 0 radical (unpaired) electrons. The number of hydrogen-bond acceptors (Lipinski definition) is 5. The number of carbonyl (C=O) groups excluding carboxylic acids is 1. The predicted octanol–water partition coefficient (Wildman–Crippen LogP) is 3.54. The molecule has 6 N–H and O–H groups in total. The quantitative estimate of drug-likeness (QED) is 0.234. The molecule has 0 atom stereocenters. The number of fused-ring (bicyclic) bond motifs is 1. The third kappa shape index (κ3) is 4.76. The molecule has 154 valence electrons. The number of pyridine rings is 1. The van der Waals surface area contributed by atoms with Gasteiger partial charge in [0.2, 0.25) is 0 Å². The largest absolute Gasteiger partial charge is 0.386 e. The van der Waals surface area contributed by atoms with Gasteiger partial charge in [0.05, 0.1) is 34.7 Å². The highest BCUT2D eigenvalue weighted by atomic mass is 16.1. The zero-order chi connectivity index (χ0) is 21.6. The Labute approximate surface area is 178 Å². The van der Waals surface area contributed by atoms with Crippen LogP contribution in [0.2, 0.25) is 0 Å². The van der Waals surface area contributed by atoms with Crippen molar-refractivity contribution in [3.8, 4) is 0 Å². The van der Waals surface area contributed by atoms with E-state index >= 15 is 0 Å². The zero-order valence-corrected chi connectivity index (χ0v) is 16.6. The molecule has 2 heterocycles. The van der Waals surface area contributed by atoms with E-state index in [1.807, 2.05) is 60.7 Å². The van der Waals surface area contributed by atoms with Gasteiger partial charge in [0.25, 0.3) is 5.91 Å². The van der Waals surface area contributed by atoms with Gasteiger partial charge < -0.3 is 16.4 Å². The number of carbonyl (C=O) groups is 1. The number of H-pyrrole nitrogens is 1. The fourth-order valence-electron chi connectivity index (χ4n) is 3.10. The van der Waals surface area contributed by atoms with Crippen LogP contribution < -0.4 is 16.4 Å². The van der Waals surface area contributed by atoms with Crippen LogP contribution in [0.25, 0.3) is 23.1 Å². The SMILES string of the molecule is N=C(N)CNC(=O)c1ccccc1Nc1ccc2c(/C=C/c3ccccn3)n[nH]c2c1. The van der Waals surface area contributed by atoms with Crippen LogP contribution in [-0.4, -0.2) is 33.5 Å². The highest BCUT2D eigenvalue weighted by molar-refractivity contribution is 6.02. The molecule has 0 aliphatic carbocycles. The summed E-state index contributed by atoms with van der Waals surface area (Å²) < 4.78 is 0. The lowest BCUT2D eigenvalue weighted by molar-refractivity contribution is 0.0960. The van der Waals surface area contributed by atoms with Crippen molar-refractivity contribution in [1.82, 2.24) is 20.5 Å². The number of hydrogen-bond donors (Lipinski definition) is 5. The van der Waals surface area contributed by atoms with Gasteiger partial charge >= 0.3 is 0 Å². The summed E-state index contributed by atoms with van der Waals surface area (Å²) in [7, 11) is 0. The summed E-state index contributed by atoms with van der Waals surface area (Å²) in [4.78, 5) is 16.7. The molecule has 31 heavy (non-hydrogen) atoms. The Kier molecular flexibility index (Phi) is 5.70. The van der Waals surface area contributed by atoms with Crippen LogP contribution in [0.15, 0.2) is 66.9 Å². The standard InChI is InChI=1S/C23H21N7O/c24-22(25)14-27-23(31)18-6-1-2-7-19(18)28-16-8-10-17-20(29-30-21(17)13-16)11-9-15-5-3-4-12-26-15/h1-13,28H,14H2,(H3,24,25)(H,27,31)(H,29,30)/b11-9+. The molecule has 0 aliphatic heterocycles. The Balaban J connectivity index is 1.55. The molecule has 1 amide bonds. The molecule has 0 unspecified atom stereocenters. The first-order chi connectivity index (χ1) is 15.1. The van der Waals surface area contributed by atoms with Crippen molar-refractivity contribution in [2.24, 2.45) is 5.73 Å². The topological polar surface area (TPSA) is 133 Å². The van der Waals surface area contributed by atoms with E-state index in [0.717, 1.165) is 28.0 Å². The summed E-state index contributed by atoms with van der Waals surface area (Å²) in [6.45, 7) is 0.00205. The minimum Gasteiger partial charge on any atom is -0.386 e. The van der Waals surface area contributed by atoms with Gasteiger partial charge in [-0.15, -0.1) is 0 Å². The summed E-state index contributed by atoms with van der Waals surface area (Å²) in [6, 6.07) is 18.7. The molecule has 8 heteroatoms. The molecule has 4 rings (SSSR count). The number of nitrogens with zero attached hydrogens (tertiary/aromatic N) is 2. The van der Waals surface area contributed by atoms with Crippen molar-refractivity contribution < 1.29 is 4.79 Å². The molecule has 2 aromatic carbocycles. The van der Waals surface area contributed by atoms with Gasteiger partial charge in [-0.1, -0.05) is 18.2 Å². The van der Waals surface area contributed by atoms with Crippen molar-refractivity contribution >= 4 is 46.2 Å². The van der Waals surface area contributed by atoms with Crippen LogP contribution in [0.3, 0.4) is 0 Å². The van der Waals surface area contributed by atoms with Crippen LogP contribution in [0, 0.1) is 5.41 Å². The Morgan fingerprint density at radius 3 is 2.74 bits per heavy atom. The van der Waals surface area contributed by atoms with E-state index < -0.39 is 0 Å². The summed E-state index contributed by atoms with van der Waals surface area (Å²) in [5.41, 5.74) is 9.79. The predicted molar refractivity (Wildman–Crippen MR) is 123 cm³/mol. The van der Waals surface area contributed by atoms with Gasteiger partial charge in [0.1, 0.15) is 5.84 Å². The first-order valence-electron chi connectivity index (χ1n) is 9.64. The molecule has 8 nitrogen and oxygen atoms in total. The van der Waals surface area contributed by atoms with E-state index in [2.05, 4.69) is 25.8 Å². The Hall–Kier alpha value is -4.46. The molecule has 2 aromatic heterocycles. The first kappa shape index (κ1) is 19.8. The van der Waals surface area contributed by atoms with Crippen LogP contribution in [0.1, 0.15) is 21.7 Å². The molecule has 0 saturated carbocycles. The summed E-state index contributed by atoms with van der Waals surface area (Å²) in [5, 5.41) is 21.6. The third-order valence-corrected chi connectivity index (χ3v) is 4.58. The van der Waals surface area contributed by atoms with E-state index in [9.17, 15) is 4.79 Å². The fourth-order valence-corrected chi connectivity index (χ4v) is 3.10. The zero-order valence-electron chi connectivity index (χ0n) is 16.6. The molecule has 0 bridgehead atoms. The molecule has 0 fully saturated rings. The second kappa shape index (κ2) is 8.91. The molecule has 0 saturated heterocycles. The van der Waals surface area contributed by atoms with E-state index in [1.54, 1.807) is 18.3 Å². The number of aromatic nitrogens is 3. The highest BCUT2D eigenvalue weighted by Gasteiger charge is 2.12. The monoisotopic (exact) mass is 411 g/mol. The van der Waals surface area contributed by atoms with Crippen molar-refractivity contribution in [3.05, 3.63) is 83.8 Å². The smallest absolute Gasteiger partial charge is 0.253 e. The van der Waals surface area contributed by atoms with Crippen LogP contribution in [0.5, 0.6) is 0 Å². The lowest BCUT2D eigenvalue weighted by Gasteiger charge is -2.12. The third-order valence-electron chi connectivity index (χ3n) is 4.58. The summed E-state index contributed by atoms with van der Waals surface area (Å²) in [6.07, 6.45) is 5.58. The minimum absolute atomic E-state index is 0.00205. The molecule has 0 aliphatic rings. The number of amides is 1. The van der Waals surface area contributed by atoms with Gasteiger partial charge in [0.15, 0.2) is 0 Å². The number of nitrogens with two attached hydrogens (primary N) is 1. The maximum absolute atomic E-state index is 12.4. The molecule has 4 aromatic rings. The average Bonchev–Trinajstić information content (AvgIpc) is 3.19. The molecular formula is C23H21N7O. The van der Waals surface area contributed by atoms with Gasteiger partial charge in [-0.25, -0.2) is 0 Å². The normalized spacial score (nSPS) is 11.0. The van der Waals surface area contributed by atoms with Gasteiger partial charge in [-0.05, 0) is 54.6 Å². The van der Waals surface area contributed by atoms with E-state index in [4.69, 9.17) is 11.1 Å². The Morgan fingerprint density at radius 2 is 1.94 bits per heavy atom. The van der Waals surface area contributed by atoms with Crippen molar-refractivity contribution in [1.29, 1.82) is 5.41 Å². The van der Waals surface area contributed by atoms with E-state index in [0.29, 0.717) is 11.3 Å². The number of benzene rings is 2. The van der Waals surface area contributed by atoms with Gasteiger partial charge in [0, 0.05) is 17.3 Å². The first-order valence-corrected chi connectivity index (χ1v) is 9.64. The van der Waals surface area contributed by atoms with Gasteiger partial charge in [-0.2, -0.15) is 5.10 Å². The summed E-state index contributed by atoms with van der Waals surface area (Å²) >= 11 is 0. The fraction of sp³-hybridized carbons (Fsp3) is 0.0435. The maximum Gasteiger partial charge on any atom is 0.253 e.